The lowest BCUT2D eigenvalue weighted by molar-refractivity contribution is -0.116. The fraction of sp³-hybridized carbons (Fsp3) is 0.500. The van der Waals surface area contributed by atoms with Gasteiger partial charge in [0, 0.05) is 12.1 Å². The van der Waals surface area contributed by atoms with Crippen molar-refractivity contribution in [1.82, 2.24) is 0 Å². The van der Waals surface area contributed by atoms with Gasteiger partial charge in [0.1, 0.15) is 0 Å². The topological polar surface area (TPSA) is 55.1 Å². The maximum absolute atomic E-state index is 11.8. The quantitative estimate of drug-likeness (QED) is 0.841. The number of carbonyl (C=O) groups excluding carboxylic acids is 1. The molecule has 1 amide bonds. The van der Waals surface area contributed by atoms with E-state index in [0.717, 1.165) is 16.8 Å². The second-order valence-electron chi connectivity index (χ2n) is 4.87. The summed E-state index contributed by atoms with van der Waals surface area (Å²) < 4.78 is 0. The van der Waals surface area contributed by atoms with E-state index in [-0.39, 0.29) is 11.8 Å². The summed E-state index contributed by atoms with van der Waals surface area (Å²) in [5, 5.41) is 2.98. The lowest BCUT2D eigenvalue weighted by Crippen LogP contribution is -2.20. The maximum atomic E-state index is 11.8. The second kappa shape index (κ2) is 5.82. The lowest BCUT2D eigenvalue weighted by Gasteiger charge is -2.14. The van der Waals surface area contributed by atoms with Crippen LogP contribution in [0.4, 0.5) is 5.69 Å². The van der Waals surface area contributed by atoms with Crippen LogP contribution in [0.3, 0.4) is 0 Å². The van der Waals surface area contributed by atoms with Crippen molar-refractivity contribution in [2.45, 2.75) is 34.1 Å². The number of rotatable bonds is 4. The Morgan fingerprint density at radius 1 is 1.29 bits per heavy atom. The minimum atomic E-state index is 0.0398. The van der Waals surface area contributed by atoms with Crippen LogP contribution in [-0.2, 0) is 4.79 Å². The van der Waals surface area contributed by atoms with Crippen LogP contribution in [0.5, 0.6) is 0 Å². The van der Waals surface area contributed by atoms with Crippen LogP contribution in [0, 0.1) is 26.7 Å². The summed E-state index contributed by atoms with van der Waals surface area (Å²) in [6.45, 7) is 8.61. The largest absolute Gasteiger partial charge is 0.330 e. The Bertz CT molecular complexity index is 390. The van der Waals surface area contributed by atoms with E-state index in [1.54, 1.807) is 0 Å². The molecule has 0 aliphatic carbocycles. The Balaban J connectivity index is 2.78. The molecule has 0 spiro atoms. The predicted octanol–water partition coefficient (Wildman–Crippen LogP) is 2.54. The molecule has 0 aromatic heterocycles. The standard InChI is InChI=1S/C14H22N2O/c1-9-5-11(3)14(12(4)6-9)16-13(17)7-10(2)8-15/h5-6,10H,7-8,15H2,1-4H3,(H,16,17). The average Bonchev–Trinajstić information content (AvgIpc) is 2.23. The summed E-state index contributed by atoms with van der Waals surface area (Å²) in [7, 11) is 0. The molecule has 3 heteroatoms. The molecule has 0 saturated heterocycles. The Morgan fingerprint density at radius 3 is 2.29 bits per heavy atom. The van der Waals surface area contributed by atoms with Crippen molar-refractivity contribution >= 4 is 11.6 Å². The number of aryl methyl sites for hydroxylation is 3. The van der Waals surface area contributed by atoms with Crippen LogP contribution in [-0.4, -0.2) is 12.5 Å². The van der Waals surface area contributed by atoms with E-state index < -0.39 is 0 Å². The van der Waals surface area contributed by atoms with Gasteiger partial charge in [0.25, 0.3) is 0 Å². The Kier molecular flexibility index (Phi) is 4.70. The number of amides is 1. The molecule has 3 nitrogen and oxygen atoms in total. The van der Waals surface area contributed by atoms with Crippen LogP contribution in [0.2, 0.25) is 0 Å². The van der Waals surface area contributed by atoms with Crippen LogP contribution in [0.25, 0.3) is 0 Å². The normalized spacial score (nSPS) is 12.3. The summed E-state index contributed by atoms with van der Waals surface area (Å²) in [5.74, 6) is 0.263. The molecular formula is C14H22N2O. The maximum Gasteiger partial charge on any atom is 0.224 e. The zero-order valence-corrected chi connectivity index (χ0v) is 11.1. The highest BCUT2D eigenvalue weighted by molar-refractivity contribution is 5.92. The zero-order valence-electron chi connectivity index (χ0n) is 11.1. The van der Waals surface area contributed by atoms with Crippen molar-refractivity contribution in [3.05, 3.63) is 28.8 Å². The van der Waals surface area contributed by atoms with E-state index in [9.17, 15) is 4.79 Å². The molecule has 94 valence electrons. The number of benzene rings is 1. The monoisotopic (exact) mass is 234 g/mol. The molecule has 0 radical (unpaired) electrons. The van der Waals surface area contributed by atoms with E-state index in [4.69, 9.17) is 5.73 Å². The number of nitrogens with one attached hydrogen (secondary N) is 1. The van der Waals surface area contributed by atoms with Gasteiger partial charge in [0.15, 0.2) is 0 Å². The first kappa shape index (κ1) is 13.7. The molecule has 0 aliphatic rings. The first-order valence-corrected chi connectivity index (χ1v) is 6.01. The SMILES string of the molecule is Cc1cc(C)c(NC(=O)CC(C)CN)c(C)c1. The van der Waals surface area contributed by atoms with E-state index in [2.05, 4.69) is 24.4 Å². The van der Waals surface area contributed by atoms with Crippen molar-refractivity contribution in [2.24, 2.45) is 11.7 Å². The number of hydrogen-bond donors (Lipinski definition) is 2. The Labute approximate surface area is 103 Å². The fourth-order valence-electron chi connectivity index (χ4n) is 1.97. The highest BCUT2D eigenvalue weighted by atomic mass is 16.1. The second-order valence-corrected chi connectivity index (χ2v) is 4.87. The Hall–Kier alpha value is -1.35. The van der Waals surface area contributed by atoms with Gasteiger partial charge in [-0.05, 0) is 44.4 Å². The third-order valence-corrected chi connectivity index (χ3v) is 2.88. The van der Waals surface area contributed by atoms with Crippen molar-refractivity contribution in [2.75, 3.05) is 11.9 Å². The number of hydrogen-bond acceptors (Lipinski definition) is 2. The van der Waals surface area contributed by atoms with Crippen LogP contribution >= 0.6 is 0 Å². The molecule has 17 heavy (non-hydrogen) atoms. The third-order valence-electron chi connectivity index (χ3n) is 2.88. The molecule has 0 bridgehead atoms. The fourth-order valence-corrected chi connectivity index (χ4v) is 1.97. The number of nitrogens with two attached hydrogens (primary N) is 1. The zero-order chi connectivity index (χ0) is 13.0. The molecule has 0 heterocycles. The van der Waals surface area contributed by atoms with E-state index in [0.29, 0.717) is 13.0 Å². The van der Waals surface area contributed by atoms with Gasteiger partial charge in [-0.15, -0.1) is 0 Å². The van der Waals surface area contributed by atoms with Gasteiger partial charge in [0.2, 0.25) is 5.91 Å². The molecule has 3 N–H and O–H groups in total. The minimum Gasteiger partial charge on any atom is -0.330 e. The molecule has 1 unspecified atom stereocenters. The molecule has 1 rings (SSSR count). The smallest absolute Gasteiger partial charge is 0.224 e. The number of carbonyl (C=O) groups is 1. The van der Waals surface area contributed by atoms with E-state index in [1.165, 1.54) is 5.56 Å². The van der Waals surface area contributed by atoms with E-state index >= 15 is 0 Å². The third kappa shape index (κ3) is 3.86. The highest BCUT2D eigenvalue weighted by Gasteiger charge is 2.10. The van der Waals surface area contributed by atoms with Gasteiger partial charge in [-0.1, -0.05) is 24.6 Å². The predicted molar refractivity (Wildman–Crippen MR) is 72.1 cm³/mol. The van der Waals surface area contributed by atoms with Crippen molar-refractivity contribution in [3.63, 3.8) is 0 Å². The molecule has 0 saturated carbocycles. The van der Waals surface area contributed by atoms with Crippen LogP contribution in [0.1, 0.15) is 30.0 Å². The van der Waals surface area contributed by atoms with Crippen molar-refractivity contribution in [1.29, 1.82) is 0 Å². The van der Waals surface area contributed by atoms with Gasteiger partial charge in [-0.2, -0.15) is 0 Å². The summed E-state index contributed by atoms with van der Waals surface area (Å²) in [6.07, 6.45) is 0.475. The van der Waals surface area contributed by atoms with Gasteiger partial charge in [-0.25, -0.2) is 0 Å². The summed E-state index contributed by atoms with van der Waals surface area (Å²) >= 11 is 0. The minimum absolute atomic E-state index is 0.0398. The van der Waals surface area contributed by atoms with Crippen molar-refractivity contribution in [3.8, 4) is 0 Å². The van der Waals surface area contributed by atoms with Gasteiger partial charge in [0.05, 0.1) is 0 Å². The molecule has 1 aromatic rings. The molecule has 1 atom stereocenters. The first-order valence-electron chi connectivity index (χ1n) is 6.01. The first-order chi connectivity index (χ1) is 7.93. The Morgan fingerprint density at radius 2 is 1.82 bits per heavy atom. The molecule has 0 fully saturated rings. The molecular weight excluding hydrogens is 212 g/mol. The van der Waals surface area contributed by atoms with E-state index in [1.807, 2.05) is 20.8 Å². The van der Waals surface area contributed by atoms with Crippen LogP contribution in [0.15, 0.2) is 12.1 Å². The number of anilines is 1. The molecule has 1 aromatic carbocycles. The van der Waals surface area contributed by atoms with Gasteiger partial charge >= 0.3 is 0 Å². The van der Waals surface area contributed by atoms with Crippen LogP contribution < -0.4 is 11.1 Å². The van der Waals surface area contributed by atoms with Gasteiger partial charge in [-0.3, -0.25) is 4.79 Å². The van der Waals surface area contributed by atoms with Crippen molar-refractivity contribution < 1.29 is 4.79 Å². The average molecular weight is 234 g/mol. The molecule has 0 aliphatic heterocycles. The highest BCUT2D eigenvalue weighted by Crippen LogP contribution is 2.22. The summed E-state index contributed by atoms with van der Waals surface area (Å²) in [4.78, 5) is 11.8. The summed E-state index contributed by atoms with van der Waals surface area (Å²) in [6, 6.07) is 4.16. The summed E-state index contributed by atoms with van der Waals surface area (Å²) in [5.41, 5.74) is 9.88. The lowest BCUT2D eigenvalue weighted by atomic mass is 10.0. The van der Waals surface area contributed by atoms with Gasteiger partial charge < -0.3 is 11.1 Å².